The topological polar surface area (TPSA) is 38.0 Å². The Labute approximate surface area is 164 Å². The molecule has 0 saturated heterocycles. The van der Waals surface area contributed by atoms with Gasteiger partial charge in [0.25, 0.3) is 0 Å². The largest absolute Gasteiger partial charge is 0.464 e. The highest BCUT2D eigenvalue weighted by Crippen LogP contribution is 2.48. The van der Waals surface area contributed by atoms with Crippen LogP contribution in [0.1, 0.15) is 41.3 Å². The Morgan fingerprint density at radius 2 is 2.04 bits per heavy atom. The van der Waals surface area contributed by atoms with Crippen molar-refractivity contribution in [3.8, 4) is 5.75 Å². The van der Waals surface area contributed by atoms with E-state index in [0.29, 0.717) is 6.42 Å². The predicted octanol–water partition coefficient (Wildman–Crippen LogP) is 5.73. The summed E-state index contributed by atoms with van der Waals surface area (Å²) in [5, 5.41) is 6.72. The number of fused-ring (bicyclic) bond motifs is 3. The first kappa shape index (κ1) is 16.6. The van der Waals surface area contributed by atoms with E-state index in [9.17, 15) is 4.39 Å². The molecule has 0 fully saturated rings. The summed E-state index contributed by atoms with van der Waals surface area (Å²) in [5.74, 6) is 2.11. The summed E-state index contributed by atoms with van der Waals surface area (Å²) in [6.45, 7) is 1.91. The van der Waals surface area contributed by atoms with E-state index >= 15 is 0 Å². The van der Waals surface area contributed by atoms with Crippen LogP contribution in [-0.4, -0.2) is 10.7 Å². The van der Waals surface area contributed by atoms with Gasteiger partial charge in [-0.3, -0.25) is 0 Å². The summed E-state index contributed by atoms with van der Waals surface area (Å²) in [5.41, 5.74) is 2.65. The lowest BCUT2D eigenvalue weighted by Gasteiger charge is -2.38. The quantitative estimate of drug-likeness (QED) is 0.524. The SMILES string of the molecule is Cc1ccc(C2=NN3[C@@H](c4cccc(F)c4)Oc4ccc(Br)cc4[C@@H]3C2)o1. The van der Waals surface area contributed by atoms with Crippen molar-refractivity contribution in [1.29, 1.82) is 0 Å². The molecular weight excluding hydrogens is 411 g/mol. The Hall–Kier alpha value is -2.60. The van der Waals surface area contributed by atoms with Crippen molar-refractivity contribution >= 4 is 21.6 Å². The summed E-state index contributed by atoms with van der Waals surface area (Å²) in [7, 11) is 0. The molecule has 0 N–H and O–H groups in total. The molecular formula is C21H16BrFN2O2. The molecule has 0 radical (unpaired) electrons. The molecule has 1 aromatic heterocycles. The molecule has 2 aliphatic rings. The van der Waals surface area contributed by atoms with Gasteiger partial charge in [0.15, 0.2) is 0 Å². The van der Waals surface area contributed by atoms with Crippen molar-refractivity contribution in [2.75, 3.05) is 0 Å². The van der Waals surface area contributed by atoms with Crippen molar-refractivity contribution in [2.24, 2.45) is 5.10 Å². The Kier molecular flexibility index (Phi) is 3.82. The van der Waals surface area contributed by atoms with Gasteiger partial charge < -0.3 is 9.15 Å². The molecule has 0 unspecified atom stereocenters. The maximum Gasteiger partial charge on any atom is 0.213 e. The molecule has 2 atom stereocenters. The Balaban J connectivity index is 1.62. The number of furan rings is 1. The third-order valence-electron chi connectivity index (χ3n) is 4.91. The zero-order valence-electron chi connectivity index (χ0n) is 14.5. The highest BCUT2D eigenvalue weighted by molar-refractivity contribution is 9.10. The first-order chi connectivity index (χ1) is 13.1. The minimum absolute atomic E-state index is 0.0000709. The standard InChI is InChI=1S/C21H16BrFN2O2/c1-12-5-7-20(26-12)17-11-18-16-10-14(22)6-8-19(16)27-21(25(18)24-17)13-3-2-4-15(23)9-13/h2-10,18,21H,11H2,1H3/t18-,21+/m0/s1. The minimum Gasteiger partial charge on any atom is -0.464 e. The van der Waals surface area contributed by atoms with E-state index in [4.69, 9.17) is 14.3 Å². The van der Waals surface area contributed by atoms with Crippen molar-refractivity contribution in [1.82, 2.24) is 5.01 Å². The van der Waals surface area contributed by atoms with E-state index in [2.05, 4.69) is 22.0 Å². The number of benzene rings is 2. The molecule has 0 aliphatic carbocycles. The number of halogens is 2. The van der Waals surface area contributed by atoms with Crippen LogP contribution >= 0.6 is 15.9 Å². The molecule has 0 saturated carbocycles. The van der Waals surface area contributed by atoms with Gasteiger partial charge in [-0.1, -0.05) is 28.1 Å². The summed E-state index contributed by atoms with van der Waals surface area (Å²) < 4.78 is 26.8. The number of rotatable bonds is 2. The van der Waals surface area contributed by atoms with Gasteiger partial charge in [-0.05, 0) is 49.4 Å². The highest BCUT2D eigenvalue weighted by atomic mass is 79.9. The predicted molar refractivity (Wildman–Crippen MR) is 103 cm³/mol. The van der Waals surface area contributed by atoms with Gasteiger partial charge >= 0.3 is 0 Å². The van der Waals surface area contributed by atoms with Crippen LogP contribution in [0.15, 0.2) is 68.6 Å². The Bertz CT molecular complexity index is 1060. The van der Waals surface area contributed by atoms with Crippen molar-refractivity contribution in [3.63, 3.8) is 0 Å². The second-order valence-corrected chi connectivity index (χ2v) is 7.68. The zero-order chi connectivity index (χ0) is 18.5. The third kappa shape index (κ3) is 2.84. The van der Waals surface area contributed by atoms with E-state index in [1.165, 1.54) is 12.1 Å². The molecule has 4 nitrogen and oxygen atoms in total. The summed E-state index contributed by atoms with van der Waals surface area (Å²) in [4.78, 5) is 0. The second kappa shape index (κ2) is 6.23. The van der Waals surface area contributed by atoms with Crippen LogP contribution in [0.4, 0.5) is 4.39 Å². The van der Waals surface area contributed by atoms with Gasteiger partial charge in [0, 0.05) is 22.0 Å². The lowest BCUT2D eigenvalue weighted by Crippen LogP contribution is -2.33. The lowest BCUT2D eigenvalue weighted by molar-refractivity contribution is -0.0192. The number of nitrogens with zero attached hydrogens (tertiary/aromatic N) is 2. The Morgan fingerprint density at radius 3 is 2.81 bits per heavy atom. The van der Waals surface area contributed by atoms with Crippen molar-refractivity contribution in [3.05, 3.63) is 87.5 Å². The molecule has 3 heterocycles. The smallest absolute Gasteiger partial charge is 0.213 e. The average Bonchev–Trinajstić information content (AvgIpc) is 3.27. The summed E-state index contributed by atoms with van der Waals surface area (Å²) in [6, 6.07) is 16.3. The average molecular weight is 427 g/mol. The number of hydrogen-bond acceptors (Lipinski definition) is 4. The maximum atomic E-state index is 13.8. The minimum atomic E-state index is -0.493. The van der Waals surface area contributed by atoms with Crippen molar-refractivity contribution < 1.29 is 13.5 Å². The van der Waals surface area contributed by atoms with Gasteiger partial charge in [0.05, 0.1) is 6.04 Å². The fraction of sp³-hybridized carbons (Fsp3) is 0.190. The molecule has 27 heavy (non-hydrogen) atoms. The molecule has 2 aromatic carbocycles. The van der Waals surface area contributed by atoms with E-state index in [-0.39, 0.29) is 11.9 Å². The molecule has 0 amide bonds. The molecule has 0 spiro atoms. The van der Waals surface area contributed by atoms with Gasteiger partial charge in [0.1, 0.15) is 28.8 Å². The Morgan fingerprint density at radius 1 is 1.15 bits per heavy atom. The van der Waals surface area contributed by atoms with E-state index < -0.39 is 6.23 Å². The van der Waals surface area contributed by atoms with Crippen LogP contribution in [0.25, 0.3) is 0 Å². The molecule has 5 rings (SSSR count). The molecule has 3 aromatic rings. The van der Waals surface area contributed by atoms with Crippen molar-refractivity contribution in [2.45, 2.75) is 25.6 Å². The van der Waals surface area contributed by atoms with E-state index in [1.807, 2.05) is 42.3 Å². The van der Waals surface area contributed by atoms with Gasteiger partial charge in [0.2, 0.25) is 6.23 Å². The van der Waals surface area contributed by atoms with Gasteiger partial charge in [-0.25, -0.2) is 9.40 Å². The normalized spacial score (nSPS) is 20.7. The van der Waals surface area contributed by atoms with Crippen LogP contribution in [0.5, 0.6) is 5.75 Å². The van der Waals surface area contributed by atoms with Crippen LogP contribution in [0, 0.1) is 12.7 Å². The third-order valence-corrected chi connectivity index (χ3v) is 5.40. The summed E-state index contributed by atoms with van der Waals surface area (Å²) >= 11 is 3.54. The molecule has 6 heteroatoms. The fourth-order valence-corrected chi connectivity index (χ4v) is 4.06. The van der Waals surface area contributed by atoms with Gasteiger partial charge in [-0.15, -0.1) is 0 Å². The van der Waals surface area contributed by atoms with E-state index in [0.717, 1.165) is 38.6 Å². The number of aryl methyl sites for hydroxylation is 1. The molecule has 0 bridgehead atoms. The second-order valence-electron chi connectivity index (χ2n) is 6.76. The van der Waals surface area contributed by atoms with Crippen LogP contribution in [0.3, 0.4) is 0 Å². The van der Waals surface area contributed by atoms with Crippen LogP contribution in [-0.2, 0) is 0 Å². The van der Waals surface area contributed by atoms with Crippen LogP contribution < -0.4 is 4.74 Å². The van der Waals surface area contributed by atoms with E-state index in [1.54, 1.807) is 6.07 Å². The fourth-order valence-electron chi connectivity index (χ4n) is 3.68. The summed E-state index contributed by atoms with van der Waals surface area (Å²) in [6.07, 6.45) is 0.207. The number of ether oxygens (including phenoxy) is 1. The highest BCUT2D eigenvalue weighted by Gasteiger charge is 2.41. The monoisotopic (exact) mass is 426 g/mol. The van der Waals surface area contributed by atoms with Gasteiger partial charge in [-0.2, -0.15) is 5.10 Å². The molecule has 2 aliphatic heterocycles. The zero-order valence-corrected chi connectivity index (χ0v) is 16.1. The first-order valence-corrected chi connectivity index (χ1v) is 9.52. The number of hydrogen-bond donors (Lipinski definition) is 0. The lowest BCUT2D eigenvalue weighted by atomic mass is 9.97. The first-order valence-electron chi connectivity index (χ1n) is 8.73. The molecule has 136 valence electrons. The number of hydrazone groups is 1. The maximum absolute atomic E-state index is 13.8. The van der Waals surface area contributed by atoms with Crippen LogP contribution in [0.2, 0.25) is 0 Å².